The Hall–Kier alpha value is -6.58. The predicted molar refractivity (Wildman–Crippen MR) is 315 cm³/mol. The van der Waals surface area contributed by atoms with Crippen molar-refractivity contribution in [1.29, 1.82) is 0 Å². The number of carbonyl (C=O) groups excluding carboxylic acids is 5. The van der Waals surface area contributed by atoms with Gasteiger partial charge in [-0.3, -0.25) is 33.8 Å². The number of hydrogen-bond acceptors (Lipinski definition) is 14. The largest absolute Gasteiger partial charge is 0.494 e. The smallest absolute Gasteiger partial charge is 0.248 e. The number of β-amino-alcohol motifs (C(OH)–C–C–N with tert-alkyl or cyclic N) is 1. The molecule has 0 spiro atoms. The van der Waals surface area contributed by atoms with Crippen molar-refractivity contribution < 1.29 is 38.2 Å². The van der Waals surface area contributed by atoms with E-state index in [0.717, 1.165) is 106 Å². The fraction of sp³-hybridized carbons (Fsp3) is 0.500. The number of methoxy groups -OCH3 is 1. The predicted octanol–water partition coefficient (Wildman–Crippen LogP) is 8.64. The van der Waals surface area contributed by atoms with E-state index in [1.54, 1.807) is 29.5 Å². The molecule has 0 aliphatic carbocycles. The lowest BCUT2D eigenvalue weighted by atomic mass is 9.85. The molecule has 5 heterocycles. The van der Waals surface area contributed by atoms with E-state index in [9.17, 15) is 33.5 Å². The SMILES string of the molecule is COc1cc2ncnc(Nc3ccc(F)c(Cl)c3)c2cc1NC(=O)/C=C/CN1CCC(N2CCN(C(=O)CCCCCCCCC(=O)N[C@H](C(=O)N3C[C@H](O)C[C@H]3C(=O)NCc3ccc(-c4scnc4C)cc3)C(C)(C)C)CC2)CC1. The number of benzene rings is 3. The number of anilines is 3. The molecule has 5 amide bonds. The van der Waals surface area contributed by atoms with Gasteiger partial charge in [-0.05, 0) is 86.5 Å². The number of nitrogens with one attached hydrogen (secondary N) is 4. The second-order valence-electron chi connectivity index (χ2n) is 22.5. The number of likely N-dealkylation sites (tertiary alicyclic amines) is 2. The lowest BCUT2D eigenvalue weighted by Crippen LogP contribution is -2.57. The molecule has 3 aliphatic rings. The first-order valence-electron chi connectivity index (χ1n) is 28.3. The Morgan fingerprint density at radius 2 is 1.62 bits per heavy atom. The van der Waals surface area contributed by atoms with Crippen molar-refractivity contribution >= 4 is 80.6 Å². The molecule has 81 heavy (non-hydrogen) atoms. The Morgan fingerprint density at radius 3 is 2.30 bits per heavy atom. The van der Waals surface area contributed by atoms with Gasteiger partial charge in [0.1, 0.15) is 35.8 Å². The van der Waals surface area contributed by atoms with Gasteiger partial charge in [0.2, 0.25) is 29.5 Å². The Kier molecular flexibility index (Phi) is 21.2. The summed E-state index contributed by atoms with van der Waals surface area (Å²) in [4.78, 5) is 89.5. The first-order chi connectivity index (χ1) is 38.9. The zero-order chi connectivity index (χ0) is 57.6. The highest BCUT2D eigenvalue weighted by molar-refractivity contribution is 7.13. The number of rotatable bonds is 23. The molecule has 2 aromatic heterocycles. The highest BCUT2D eigenvalue weighted by Crippen LogP contribution is 2.34. The number of piperidine rings is 1. The van der Waals surface area contributed by atoms with Gasteiger partial charge in [-0.1, -0.05) is 88.4 Å². The highest BCUT2D eigenvalue weighted by Gasteiger charge is 2.44. The fourth-order valence-electron chi connectivity index (χ4n) is 10.9. The monoisotopic (exact) mass is 1150 g/mol. The number of carbonyl (C=O) groups is 5. The summed E-state index contributed by atoms with van der Waals surface area (Å²) in [7, 11) is 1.52. The molecule has 3 atom stereocenters. The van der Waals surface area contributed by atoms with Gasteiger partial charge in [0, 0.05) is 94.3 Å². The zero-order valence-corrected chi connectivity index (χ0v) is 48.7. The van der Waals surface area contributed by atoms with Gasteiger partial charge < -0.3 is 40.9 Å². The lowest BCUT2D eigenvalue weighted by molar-refractivity contribution is -0.144. The maximum atomic E-state index is 14.1. The molecule has 18 nitrogen and oxygen atoms in total. The van der Waals surface area contributed by atoms with E-state index in [1.165, 1.54) is 36.5 Å². The summed E-state index contributed by atoms with van der Waals surface area (Å²) in [5.74, 6) is -0.664. The standard InChI is InChI=1S/C60H77ClFN11O7S/c1-39-55(81-38-66-39)41-18-16-40(17-19-41)35-63-58(78)50-32-44(74)36-73(50)59(79)56(60(2,3)4)69-53(76)13-10-8-6-7-9-11-15-54(77)72-29-27-71(28-30-72)43-22-25-70(26-23-43)24-12-14-52(75)68-49-33-45-48(34-51(49)80-5)64-37-65-57(45)67-42-20-21-47(62)46(61)31-42/h12,14,16-21,31,33-34,37-38,43-44,50,56,74H,6-11,13,15,22-30,32,35-36H2,1-5H3,(H,63,78)(H,68,75)(H,69,76)(H,64,65,67)/b14-12+/t44-,50+,56-/m1/s1. The van der Waals surface area contributed by atoms with Crippen LogP contribution in [0.4, 0.5) is 21.6 Å². The van der Waals surface area contributed by atoms with Crippen LogP contribution in [0.15, 0.2) is 78.6 Å². The third kappa shape index (κ3) is 16.6. The van der Waals surface area contributed by atoms with Gasteiger partial charge in [-0.25, -0.2) is 19.3 Å². The quantitative estimate of drug-likeness (QED) is 0.0306. The minimum absolute atomic E-state index is 0.0189. The molecular formula is C60H77ClFN11O7S. The molecule has 0 saturated carbocycles. The molecule has 0 radical (unpaired) electrons. The maximum Gasteiger partial charge on any atom is 0.248 e. The van der Waals surface area contributed by atoms with Gasteiger partial charge >= 0.3 is 0 Å². The summed E-state index contributed by atoms with van der Waals surface area (Å²) >= 11 is 7.57. The molecule has 3 aliphatic heterocycles. The summed E-state index contributed by atoms with van der Waals surface area (Å²) in [6, 6.07) is 14.4. The van der Waals surface area contributed by atoms with E-state index in [2.05, 4.69) is 46.0 Å². The number of aliphatic hydroxyl groups is 1. The highest BCUT2D eigenvalue weighted by atomic mass is 35.5. The van der Waals surface area contributed by atoms with Crippen LogP contribution in [0.5, 0.6) is 5.75 Å². The molecular weight excluding hydrogens is 1070 g/mol. The van der Waals surface area contributed by atoms with Gasteiger partial charge in [0.05, 0.1) is 45.5 Å². The molecule has 3 aromatic carbocycles. The van der Waals surface area contributed by atoms with Crippen LogP contribution < -0.4 is 26.0 Å². The molecule has 5 aromatic rings. The Labute approximate surface area is 483 Å². The molecule has 0 bridgehead atoms. The van der Waals surface area contributed by atoms with E-state index >= 15 is 0 Å². The number of unbranched alkanes of at least 4 members (excludes halogenated alkanes) is 5. The van der Waals surface area contributed by atoms with Crippen LogP contribution in [0.25, 0.3) is 21.3 Å². The summed E-state index contributed by atoms with van der Waals surface area (Å²) in [5, 5.41) is 23.2. The number of aliphatic hydroxyl groups excluding tert-OH is 1. The Balaban J connectivity index is 0.673. The summed E-state index contributed by atoms with van der Waals surface area (Å²) in [5.41, 5.74) is 5.69. The number of thiazole rings is 1. The molecule has 434 valence electrons. The average Bonchev–Trinajstić information content (AvgIpc) is 4.15. The van der Waals surface area contributed by atoms with E-state index in [0.29, 0.717) is 59.3 Å². The number of hydrogen-bond donors (Lipinski definition) is 5. The maximum absolute atomic E-state index is 14.1. The van der Waals surface area contributed by atoms with Gasteiger partial charge in [-0.15, -0.1) is 11.3 Å². The zero-order valence-electron chi connectivity index (χ0n) is 47.1. The number of piperazine rings is 1. The second-order valence-corrected chi connectivity index (χ2v) is 23.7. The molecule has 0 unspecified atom stereocenters. The van der Waals surface area contributed by atoms with Crippen molar-refractivity contribution in [1.82, 2.24) is 45.2 Å². The number of nitrogens with zero attached hydrogens (tertiary/aromatic N) is 7. The summed E-state index contributed by atoms with van der Waals surface area (Å²) < 4.78 is 19.3. The number of amides is 5. The van der Waals surface area contributed by atoms with E-state index in [4.69, 9.17) is 16.3 Å². The van der Waals surface area contributed by atoms with Crippen LogP contribution in [0.3, 0.4) is 0 Å². The molecule has 5 N–H and O–H groups in total. The molecule has 8 rings (SSSR count). The number of fused-ring (bicyclic) bond motifs is 1. The van der Waals surface area contributed by atoms with Crippen molar-refractivity contribution in [2.45, 2.75) is 129 Å². The number of ether oxygens (including phenoxy) is 1. The summed E-state index contributed by atoms with van der Waals surface area (Å²) in [6.07, 6.45) is 12.2. The first-order valence-corrected chi connectivity index (χ1v) is 29.5. The average molecular weight is 1150 g/mol. The number of aromatic nitrogens is 3. The van der Waals surface area contributed by atoms with E-state index in [1.807, 2.05) is 68.4 Å². The van der Waals surface area contributed by atoms with E-state index < -0.39 is 29.4 Å². The van der Waals surface area contributed by atoms with E-state index in [-0.39, 0.29) is 60.5 Å². The van der Waals surface area contributed by atoms with Gasteiger partial charge in [0.25, 0.3) is 0 Å². The van der Waals surface area contributed by atoms with Gasteiger partial charge in [-0.2, -0.15) is 0 Å². The lowest BCUT2D eigenvalue weighted by Gasteiger charge is -2.42. The van der Waals surface area contributed by atoms with Crippen molar-refractivity contribution in [2.75, 3.05) is 70.1 Å². The van der Waals surface area contributed by atoms with Crippen molar-refractivity contribution in [3.8, 4) is 16.2 Å². The Morgan fingerprint density at radius 1 is 0.901 bits per heavy atom. The number of halogens is 2. The van der Waals surface area contributed by atoms with Crippen LogP contribution in [0.2, 0.25) is 5.02 Å². The molecule has 3 saturated heterocycles. The first kappa shape index (κ1) is 60.5. The van der Waals surface area contributed by atoms with Crippen molar-refractivity contribution in [3.63, 3.8) is 0 Å². The third-order valence-electron chi connectivity index (χ3n) is 15.5. The van der Waals surface area contributed by atoms with Crippen LogP contribution in [-0.2, 0) is 30.5 Å². The van der Waals surface area contributed by atoms with Crippen LogP contribution in [-0.4, -0.2) is 153 Å². The topological polar surface area (TPSA) is 215 Å². The van der Waals surface area contributed by atoms with Gasteiger partial charge in [0.15, 0.2) is 0 Å². The van der Waals surface area contributed by atoms with Crippen LogP contribution in [0, 0.1) is 18.2 Å². The molecule has 21 heteroatoms. The minimum Gasteiger partial charge on any atom is -0.494 e. The number of aryl methyl sites for hydroxylation is 1. The minimum atomic E-state index is -0.872. The van der Waals surface area contributed by atoms with Crippen molar-refractivity contribution in [2.24, 2.45) is 5.41 Å². The normalized spacial score (nSPS) is 17.8. The molecule has 3 fully saturated rings. The fourth-order valence-corrected chi connectivity index (χ4v) is 11.9. The summed E-state index contributed by atoms with van der Waals surface area (Å²) in [6.45, 7) is 13.6. The third-order valence-corrected chi connectivity index (χ3v) is 16.8. The van der Waals surface area contributed by atoms with Crippen LogP contribution in [0.1, 0.15) is 103 Å². The van der Waals surface area contributed by atoms with Crippen LogP contribution >= 0.6 is 22.9 Å². The second kappa shape index (κ2) is 28.4. The van der Waals surface area contributed by atoms with Crippen molar-refractivity contribution in [3.05, 3.63) is 101 Å². The Bertz CT molecular complexity index is 3010.